The van der Waals surface area contributed by atoms with E-state index in [0.29, 0.717) is 0 Å². The zero-order valence-corrected chi connectivity index (χ0v) is 16.3. The van der Waals surface area contributed by atoms with E-state index in [4.69, 9.17) is 0 Å². The van der Waals surface area contributed by atoms with Crippen LogP contribution in [0, 0.1) is 0 Å². The Hall–Kier alpha value is -2.00. The lowest BCUT2D eigenvalue weighted by Crippen LogP contribution is -1.91. The van der Waals surface area contributed by atoms with Gasteiger partial charge < -0.3 is 0 Å². The van der Waals surface area contributed by atoms with E-state index in [-0.39, 0.29) is 0 Å². The number of unbranched alkanes of at least 4 members (excludes halogenated alkanes) is 6. The van der Waals surface area contributed by atoms with Crippen molar-refractivity contribution >= 4 is 11.3 Å². The van der Waals surface area contributed by atoms with Crippen LogP contribution < -0.4 is 0 Å². The van der Waals surface area contributed by atoms with E-state index in [2.05, 4.69) is 38.9 Å². The minimum absolute atomic E-state index is 0.955. The van der Waals surface area contributed by atoms with Gasteiger partial charge >= 0.3 is 0 Å². The number of nitrogens with zero attached hydrogens (tertiary/aromatic N) is 2. The third kappa shape index (κ3) is 6.38. The van der Waals surface area contributed by atoms with Crippen LogP contribution in [0.1, 0.15) is 56.1 Å². The van der Waals surface area contributed by atoms with Gasteiger partial charge in [-0.05, 0) is 77.9 Å². The summed E-state index contributed by atoms with van der Waals surface area (Å²) in [5.41, 5.74) is 4.82. The Labute approximate surface area is 161 Å². The van der Waals surface area contributed by atoms with E-state index < -0.39 is 0 Å². The molecule has 2 nitrogen and oxygen atoms in total. The lowest BCUT2D eigenvalue weighted by Gasteiger charge is -2.05. The smallest absolute Gasteiger partial charge is 0.0888 e. The van der Waals surface area contributed by atoms with Crippen LogP contribution in [0.4, 0.5) is 0 Å². The molecule has 0 aliphatic carbocycles. The van der Waals surface area contributed by atoms with Gasteiger partial charge in [0, 0.05) is 12.4 Å². The molecule has 0 N–H and O–H groups in total. The lowest BCUT2D eigenvalue weighted by atomic mass is 10.0. The van der Waals surface area contributed by atoms with Crippen molar-refractivity contribution in [2.75, 3.05) is 0 Å². The molecule has 3 rings (SSSR count). The van der Waals surface area contributed by atoms with Crippen molar-refractivity contribution in [3.05, 3.63) is 70.7 Å². The number of pyridine rings is 2. The van der Waals surface area contributed by atoms with Crippen molar-refractivity contribution in [1.29, 1.82) is 0 Å². The number of aryl methyl sites for hydroxylation is 2. The Morgan fingerprint density at radius 1 is 0.654 bits per heavy atom. The van der Waals surface area contributed by atoms with Crippen molar-refractivity contribution in [1.82, 2.24) is 9.97 Å². The second-order valence-electron chi connectivity index (χ2n) is 6.87. The Balaban J connectivity index is 1.27. The minimum Gasteiger partial charge on any atom is -0.255 e. The first-order valence-electron chi connectivity index (χ1n) is 9.79. The van der Waals surface area contributed by atoms with Crippen LogP contribution in [0.2, 0.25) is 0 Å². The van der Waals surface area contributed by atoms with Crippen molar-refractivity contribution in [2.24, 2.45) is 0 Å². The molecular weight excluding hydrogens is 336 g/mol. The summed E-state index contributed by atoms with van der Waals surface area (Å²) >= 11 is 1.81. The molecule has 26 heavy (non-hydrogen) atoms. The average Bonchev–Trinajstić information content (AvgIpc) is 3.21. The first kappa shape index (κ1) is 18.8. The third-order valence-corrected chi connectivity index (χ3v) is 5.49. The van der Waals surface area contributed by atoms with E-state index >= 15 is 0 Å². The fourth-order valence-corrected chi connectivity index (χ4v) is 3.96. The highest BCUT2D eigenvalue weighted by atomic mass is 32.1. The van der Waals surface area contributed by atoms with Gasteiger partial charge in [0.1, 0.15) is 0 Å². The number of hydrogen-bond acceptors (Lipinski definition) is 3. The van der Waals surface area contributed by atoms with Crippen LogP contribution in [-0.2, 0) is 12.8 Å². The molecule has 0 aliphatic rings. The monoisotopic (exact) mass is 364 g/mol. The molecule has 3 aromatic heterocycles. The van der Waals surface area contributed by atoms with Gasteiger partial charge in [-0.1, -0.05) is 38.2 Å². The van der Waals surface area contributed by atoms with Crippen molar-refractivity contribution in [2.45, 2.75) is 57.8 Å². The van der Waals surface area contributed by atoms with Gasteiger partial charge in [0.05, 0.1) is 11.4 Å². The van der Waals surface area contributed by atoms with Gasteiger partial charge in [0.2, 0.25) is 0 Å². The molecule has 0 atom stereocenters. The predicted molar refractivity (Wildman–Crippen MR) is 112 cm³/mol. The molecule has 0 saturated heterocycles. The topological polar surface area (TPSA) is 25.8 Å². The second kappa shape index (κ2) is 10.9. The second-order valence-corrected chi connectivity index (χ2v) is 7.65. The number of thiophene rings is 1. The van der Waals surface area contributed by atoms with Crippen LogP contribution >= 0.6 is 11.3 Å². The molecular formula is C23H28N2S. The van der Waals surface area contributed by atoms with Crippen molar-refractivity contribution in [3.8, 4) is 11.4 Å². The molecule has 0 unspecified atom stereocenters. The molecule has 0 aromatic carbocycles. The summed E-state index contributed by atoms with van der Waals surface area (Å²) in [6.07, 6.45) is 15.5. The summed E-state index contributed by atoms with van der Waals surface area (Å²) in [6.45, 7) is 0. The largest absolute Gasteiger partial charge is 0.255 e. The minimum atomic E-state index is 0.955. The maximum Gasteiger partial charge on any atom is 0.0888 e. The number of aromatic nitrogens is 2. The van der Waals surface area contributed by atoms with E-state index in [1.807, 2.05) is 41.9 Å². The lowest BCUT2D eigenvalue weighted by molar-refractivity contribution is 0.579. The Kier molecular flexibility index (Phi) is 7.85. The normalized spacial score (nSPS) is 10.9. The highest BCUT2D eigenvalue weighted by molar-refractivity contribution is 7.07. The van der Waals surface area contributed by atoms with E-state index in [1.165, 1.54) is 62.5 Å². The number of hydrogen-bond donors (Lipinski definition) is 0. The van der Waals surface area contributed by atoms with Gasteiger partial charge in [0.15, 0.2) is 0 Å². The van der Waals surface area contributed by atoms with E-state index in [9.17, 15) is 0 Å². The average molecular weight is 365 g/mol. The van der Waals surface area contributed by atoms with Crippen LogP contribution in [-0.4, -0.2) is 9.97 Å². The van der Waals surface area contributed by atoms with E-state index in [0.717, 1.165) is 17.8 Å². The standard InChI is InChI=1S/C23H28N2S/c1(3-5-7-11-21-14-17-26-19-21)2-4-6-10-20-13-16-25-23(18-20)22-12-8-9-15-24-22/h8-9,12-19H,1-7,10-11H2. The van der Waals surface area contributed by atoms with Gasteiger partial charge in [-0.2, -0.15) is 11.3 Å². The molecule has 0 bridgehead atoms. The highest BCUT2D eigenvalue weighted by Crippen LogP contribution is 2.17. The predicted octanol–water partition coefficient (Wildman–Crippen LogP) is 6.72. The first-order chi connectivity index (χ1) is 12.9. The fraction of sp³-hybridized carbons (Fsp3) is 0.391. The van der Waals surface area contributed by atoms with Gasteiger partial charge in [-0.25, -0.2) is 0 Å². The quantitative estimate of drug-likeness (QED) is 0.353. The third-order valence-electron chi connectivity index (χ3n) is 4.76. The summed E-state index contributed by atoms with van der Waals surface area (Å²) in [4.78, 5) is 8.84. The summed E-state index contributed by atoms with van der Waals surface area (Å²) < 4.78 is 0. The summed E-state index contributed by atoms with van der Waals surface area (Å²) in [7, 11) is 0. The fourth-order valence-electron chi connectivity index (χ4n) is 3.26. The maximum atomic E-state index is 4.45. The molecule has 0 fully saturated rings. The van der Waals surface area contributed by atoms with Crippen molar-refractivity contribution < 1.29 is 0 Å². The maximum absolute atomic E-state index is 4.45. The Morgan fingerprint density at radius 2 is 1.38 bits per heavy atom. The van der Waals surface area contributed by atoms with Gasteiger partial charge in [-0.3, -0.25) is 9.97 Å². The van der Waals surface area contributed by atoms with E-state index in [1.54, 1.807) is 0 Å². The molecule has 0 radical (unpaired) electrons. The zero-order chi connectivity index (χ0) is 17.9. The SMILES string of the molecule is c1ccc(-c2cc(CCCCCCCCCc3ccsc3)ccn2)nc1. The molecule has 3 heterocycles. The van der Waals surface area contributed by atoms with Crippen molar-refractivity contribution in [3.63, 3.8) is 0 Å². The molecule has 0 saturated carbocycles. The highest BCUT2D eigenvalue weighted by Gasteiger charge is 2.02. The first-order valence-corrected chi connectivity index (χ1v) is 10.7. The summed E-state index contributed by atoms with van der Waals surface area (Å²) in [5.74, 6) is 0. The summed E-state index contributed by atoms with van der Waals surface area (Å²) in [5, 5.41) is 4.45. The molecule has 0 amide bonds. The molecule has 136 valence electrons. The Morgan fingerprint density at radius 3 is 2.08 bits per heavy atom. The van der Waals surface area contributed by atoms with Gasteiger partial charge in [0.25, 0.3) is 0 Å². The van der Waals surface area contributed by atoms with Crippen LogP contribution in [0.3, 0.4) is 0 Å². The Bertz CT molecular complexity index is 738. The number of rotatable bonds is 11. The summed E-state index contributed by atoms with van der Waals surface area (Å²) in [6, 6.07) is 12.5. The molecule has 3 heteroatoms. The van der Waals surface area contributed by atoms with Gasteiger partial charge in [-0.15, -0.1) is 0 Å². The van der Waals surface area contributed by atoms with Crippen LogP contribution in [0.5, 0.6) is 0 Å². The zero-order valence-electron chi connectivity index (χ0n) is 15.4. The van der Waals surface area contributed by atoms with Crippen LogP contribution in [0.25, 0.3) is 11.4 Å². The van der Waals surface area contributed by atoms with Crippen LogP contribution in [0.15, 0.2) is 59.6 Å². The molecule has 3 aromatic rings. The molecule has 0 spiro atoms. The molecule has 0 aliphatic heterocycles.